The molecule has 25 heavy (non-hydrogen) atoms. The molecule has 2 saturated heterocycles. The Morgan fingerprint density at radius 1 is 1.12 bits per heavy atom. The summed E-state index contributed by atoms with van der Waals surface area (Å²) in [5, 5.41) is 0.0977. The molecule has 0 spiro atoms. The fraction of sp³-hybridized carbons (Fsp3) is 0.789. The van der Waals surface area contributed by atoms with Gasteiger partial charge in [0.1, 0.15) is 18.8 Å². The summed E-state index contributed by atoms with van der Waals surface area (Å²) < 4.78 is 30.1. The van der Waals surface area contributed by atoms with Crippen LogP contribution in [0.3, 0.4) is 0 Å². The van der Waals surface area contributed by atoms with E-state index in [0.29, 0.717) is 6.61 Å². The van der Waals surface area contributed by atoms with Crippen LogP contribution in [0.1, 0.15) is 34.6 Å². The maximum Gasteiger partial charge on any atom is 0.264 e. The van der Waals surface area contributed by atoms with Crippen LogP contribution in [0.5, 0.6) is 0 Å². The van der Waals surface area contributed by atoms with E-state index >= 15 is 0 Å². The summed E-state index contributed by atoms with van der Waals surface area (Å²) in [6.45, 7) is 15.1. The smallest absolute Gasteiger partial charge is 0.264 e. The number of hydrogen-bond acceptors (Lipinski definition) is 5. The van der Waals surface area contributed by atoms with Crippen LogP contribution in [-0.4, -0.2) is 51.4 Å². The van der Waals surface area contributed by atoms with Gasteiger partial charge in [-0.2, -0.15) is 0 Å². The SMILES string of the molecule is C#CCO[C@]1(C#C)O[C@H](CO[Si](C)(C)C(C)(C)C)[C@H]2OC(C)(C)O[C@H]21. The molecule has 2 heterocycles. The molecule has 0 aromatic carbocycles. The van der Waals surface area contributed by atoms with Crippen LogP contribution in [-0.2, 0) is 23.4 Å². The first-order valence-electron chi connectivity index (χ1n) is 8.60. The zero-order valence-electron chi connectivity index (χ0n) is 16.3. The summed E-state index contributed by atoms with van der Waals surface area (Å²) in [4.78, 5) is 0. The van der Waals surface area contributed by atoms with Gasteiger partial charge in [0.2, 0.25) is 0 Å². The van der Waals surface area contributed by atoms with Gasteiger partial charge in [0, 0.05) is 0 Å². The molecule has 0 aliphatic carbocycles. The van der Waals surface area contributed by atoms with Crippen molar-refractivity contribution in [2.24, 2.45) is 0 Å². The lowest BCUT2D eigenvalue weighted by Gasteiger charge is -2.37. The molecule has 0 N–H and O–H groups in total. The van der Waals surface area contributed by atoms with Crippen molar-refractivity contribution < 1.29 is 23.4 Å². The summed E-state index contributed by atoms with van der Waals surface area (Å²) in [7, 11) is -1.94. The third-order valence-electron chi connectivity index (χ3n) is 5.18. The Balaban J connectivity index is 2.20. The normalized spacial score (nSPS) is 34.4. The minimum Gasteiger partial charge on any atom is -0.414 e. The lowest BCUT2D eigenvalue weighted by Crippen LogP contribution is -2.45. The van der Waals surface area contributed by atoms with Crippen LogP contribution in [0, 0.1) is 24.7 Å². The van der Waals surface area contributed by atoms with E-state index in [-0.39, 0.29) is 23.9 Å². The number of fused-ring (bicyclic) bond motifs is 1. The molecule has 0 amide bonds. The highest BCUT2D eigenvalue weighted by Crippen LogP contribution is 2.45. The zero-order valence-corrected chi connectivity index (χ0v) is 17.3. The lowest BCUT2D eigenvalue weighted by molar-refractivity contribution is -0.264. The zero-order chi connectivity index (χ0) is 19.1. The molecule has 5 nitrogen and oxygen atoms in total. The van der Waals surface area contributed by atoms with Crippen LogP contribution in [0.2, 0.25) is 18.1 Å². The van der Waals surface area contributed by atoms with Gasteiger partial charge in [-0.3, -0.25) is 0 Å². The Labute approximate surface area is 152 Å². The molecule has 0 saturated carbocycles. The molecule has 140 valence electrons. The fourth-order valence-electron chi connectivity index (χ4n) is 2.77. The molecule has 0 aromatic heterocycles. The highest BCUT2D eigenvalue weighted by molar-refractivity contribution is 6.74. The van der Waals surface area contributed by atoms with Crippen molar-refractivity contribution in [2.75, 3.05) is 13.2 Å². The number of hydrogen-bond donors (Lipinski definition) is 0. The average molecular weight is 367 g/mol. The van der Waals surface area contributed by atoms with E-state index in [1.807, 2.05) is 13.8 Å². The minimum absolute atomic E-state index is 0.0347. The van der Waals surface area contributed by atoms with Gasteiger partial charge in [0.05, 0.1) is 6.61 Å². The first-order chi connectivity index (χ1) is 11.4. The molecule has 2 aliphatic rings. The quantitative estimate of drug-likeness (QED) is 0.553. The Bertz CT molecular complexity index is 580. The van der Waals surface area contributed by atoms with Crippen molar-refractivity contribution >= 4 is 8.32 Å². The minimum atomic E-state index is -1.94. The molecule has 0 aromatic rings. The van der Waals surface area contributed by atoms with Crippen molar-refractivity contribution in [3.63, 3.8) is 0 Å². The maximum atomic E-state index is 6.31. The molecule has 6 heteroatoms. The Kier molecular flexibility index (Phi) is 5.48. The van der Waals surface area contributed by atoms with E-state index in [2.05, 4.69) is 45.7 Å². The second-order valence-corrected chi connectivity index (χ2v) is 13.4. The number of rotatable bonds is 5. The van der Waals surface area contributed by atoms with Crippen LogP contribution in [0.25, 0.3) is 0 Å². The van der Waals surface area contributed by atoms with Crippen LogP contribution in [0.15, 0.2) is 0 Å². The second-order valence-electron chi connectivity index (χ2n) is 8.55. The molecule has 0 unspecified atom stereocenters. The standard InChI is InChI=1S/C19H30O5Si/c1-10-12-20-19(11-2)16-15(23-18(6,7)24-16)14(22-19)13-21-25(8,9)17(3,4)5/h1-2,14-16H,12-13H2,3-9H3/t14-,15-,16-,19-/m1/s1. The molecular weight excluding hydrogens is 336 g/mol. The molecular formula is C19H30O5Si. The number of ether oxygens (including phenoxy) is 4. The van der Waals surface area contributed by atoms with Gasteiger partial charge in [-0.25, -0.2) is 0 Å². The predicted molar refractivity (Wildman–Crippen MR) is 98.2 cm³/mol. The van der Waals surface area contributed by atoms with Gasteiger partial charge < -0.3 is 23.4 Å². The van der Waals surface area contributed by atoms with Crippen molar-refractivity contribution in [1.82, 2.24) is 0 Å². The first kappa shape index (κ1) is 20.4. The summed E-state index contributed by atoms with van der Waals surface area (Å²) in [6.07, 6.45) is 9.76. The van der Waals surface area contributed by atoms with E-state index in [0.717, 1.165) is 0 Å². The van der Waals surface area contributed by atoms with E-state index < -0.39 is 26.0 Å². The predicted octanol–water partition coefficient (Wildman–Crippen LogP) is 2.91. The lowest BCUT2D eigenvalue weighted by atomic mass is 10.1. The van der Waals surface area contributed by atoms with Gasteiger partial charge in [0.15, 0.2) is 20.2 Å². The molecule has 2 rings (SSSR count). The summed E-state index contributed by atoms with van der Waals surface area (Å²) in [5.41, 5.74) is 0. The van der Waals surface area contributed by atoms with Crippen LogP contribution < -0.4 is 0 Å². The third kappa shape index (κ3) is 3.95. The first-order valence-corrected chi connectivity index (χ1v) is 11.5. The van der Waals surface area contributed by atoms with Crippen LogP contribution >= 0.6 is 0 Å². The van der Waals surface area contributed by atoms with Gasteiger partial charge in [-0.15, -0.1) is 12.8 Å². The fourth-order valence-corrected chi connectivity index (χ4v) is 3.79. The van der Waals surface area contributed by atoms with Crippen molar-refractivity contribution in [1.29, 1.82) is 0 Å². The molecule has 2 fully saturated rings. The van der Waals surface area contributed by atoms with E-state index in [4.69, 9.17) is 36.2 Å². The van der Waals surface area contributed by atoms with Gasteiger partial charge in [-0.05, 0) is 37.9 Å². The van der Waals surface area contributed by atoms with Crippen LogP contribution in [0.4, 0.5) is 0 Å². The Hall–Kier alpha value is -0.863. The van der Waals surface area contributed by atoms with E-state index in [1.54, 1.807) is 0 Å². The van der Waals surface area contributed by atoms with Gasteiger partial charge in [-0.1, -0.05) is 26.7 Å². The third-order valence-corrected chi connectivity index (χ3v) is 9.68. The Morgan fingerprint density at radius 3 is 2.28 bits per heavy atom. The second kappa shape index (κ2) is 6.70. The largest absolute Gasteiger partial charge is 0.414 e. The summed E-state index contributed by atoms with van der Waals surface area (Å²) in [6, 6.07) is 0. The molecule has 2 aliphatic heterocycles. The number of terminal acetylenes is 2. The highest BCUT2D eigenvalue weighted by Gasteiger charge is 2.63. The monoisotopic (exact) mass is 366 g/mol. The van der Waals surface area contributed by atoms with Crippen molar-refractivity contribution in [3.8, 4) is 24.7 Å². The highest BCUT2D eigenvalue weighted by atomic mass is 28.4. The van der Waals surface area contributed by atoms with E-state index in [9.17, 15) is 0 Å². The topological polar surface area (TPSA) is 46.2 Å². The van der Waals surface area contributed by atoms with Gasteiger partial charge in [0.25, 0.3) is 5.79 Å². The molecule has 4 atom stereocenters. The molecule has 0 radical (unpaired) electrons. The van der Waals surface area contributed by atoms with Crippen molar-refractivity contribution in [3.05, 3.63) is 0 Å². The van der Waals surface area contributed by atoms with E-state index in [1.165, 1.54) is 0 Å². The van der Waals surface area contributed by atoms with Crippen molar-refractivity contribution in [2.45, 2.75) is 82.6 Å². The summed E-state index contributed by atoms with van der Waals surface area (Å²) >= 11 is 0. The summed E-state index contributed by atoms with van der Waals surface area (Å²) in [5.74, 6) is 2.89. The van der Waals surface area contributed by atoms with Gasteiger partial charge >= 0.3 is 0 Å². The average Bonchev–Trinajstić information content (AvgIpc) is 2.94. The Morgan fingerprint density at radius 2 is 1.76 bits per heavy atom. The molecule has 0 bridgehead atoms. The maximum absolute atomic E-state index is 6.31.